The SMILES string of the molecule is C/C(=N\N=C(N)N)c1cncs1. The zero-order chi connectivity index (χ0) is 8.97. The van der Waals surface area contributed by atoms with E-state index in [1.807, 2.05) is 6.92 Å². The van der Waals surface area contributed by atoms with Crippen molar-refractivity contribution in [1.29, 1.82) is 0 Å². The van der Waals surface area contributed by atoms with Crippen molar-refractivity contribution in [3.8, 4) is 0 Å². The predicted octanol–water partition coefficient (Wildman–Crippen LogP) is 0.141. The van der Waals surface area contributed by atoms with Gasteiger partial charge in [0.25, 0.3) is 0 Å². The van der Waals surface area contributed by atoms with Crippen LogP contribution in [0.1, 0.15) is 11.8 Å². The van der Waals surface area contributed by atoms with E-state index in [1.165, 1.54) is 11.3 Å². The van der Waals surface area contributed by atoms with Crippen LogP contribution in [0.25, 0.3) is 0 Å². The van der Waals surface area contributed by atoms with E-state index in [9.17, 15) is 0 Å². The molecule has 6 heteroatoms. The molecule has 0 saturated heterocycles. The highest BCUT2D eigenvalue weighted by Crippen LogP contribution is 2.06. The molecule has 0 aliphatic carbocycles. The van der Waals surface area contributed by atoms with Crippen molar-refractivity contribution < 1.29 is 0 Å². The minimum Gasteiger partial charge on any atom is -0.369 e. The van der Waals surface area contributed by atoms with Gasteiger partial charge < -0.3 is 11.5 Å². The van der Waals surface area contributed by atoms with Gasteiger partial charge in [-0.1, -0.05) is 0 Å². The van der Waals surface area contributed by atoms with E-state index >= 15 is 0 Å². The molecule has 1 aromatic rings. The molecule has 0 amide bonds. The second-order valence-corrected chi connectivity index (χ2v) is 2.96. The molecule has 64 valence electrons. The van der Waals surface area contributed by atoms with E-state index in [0.29, 0.717) is 0 Å². The Hall–Kier alpha value is -1.43. The van der Waals surface area contributed by atoms with E-state index in [4.69, 9.17) is 11.5 Å². The maximum Gasteiger partial charge on any atom is 0.211 e. The minimum absolute atomic E-state index is 0.0427. The van der Waals surface area contributed by atoms with Gasteiger partial charge in [-0.25, -0.2) is 0 Å². The lowest BCUT2D eigenvalue weighted by Gasteiger charge is -1.90. The second kappa shape index (κ2) is 3.82. The van der Waals surface area contributed by atoms with Crippen LogP contribution in [0, 0.1) is 0 Å². The Labute approximate surface area is 73.8 Å². The molecule has 0 aliphatic heterocycles. The molecular formula is C6H9N5S. The first-order valence-corrected chi connectivity index (χ1v) is 4.10. The standard InChI is InChI=1S/C6H9N5S/c1-4(10-11-6(7)8)5-2-9-3-12-5/h2-3H,1H3,(H4,7,8,11)/b10-4+. The van der Waals surface area contributed by atoms with Crippen LogP contribution in [-0.4, -0.2) is 16.7 Å². The van der Waals surface area contributed by atoms with Crippen LogP contribution < -0.4 is 11.5 Å². The fourth-order valence-corrected chi connectivity index (χ4v) is 1.14. The van der Waals surface area contributed by atoms with E-state index in [1.54, 1.807) is 11.7 Å². The molecule has 0 radical (unpaired) electrons. The summed E-state index contributed by atoms with van der Waals surface area (Å²) in [5.41, 5.74) is 12.7. The fraction of sp³-hybridized carbons (Fsp3) is 0.167. The number of rotatable bonds is 2. The Morgan fingerprint density at radius 2 is 2.25 bits per heavy atom. The molecule has 1 aromatic heterocycles. The van der Waals surface area contributed by atoms with Crippen molar-refractivity contribution in [3.05, 3.63) is 16.6 Å². The number of hydrogen-bond donors (Lipinski definition) is 2. The molecule has 0 unspecified atom stereocenters. The summed E-state index contributed by atoms with van der Waals surface area (Å²) in [5, 5.41) is 7.31. The molecule has 0 aromatic carbocycles. The summed E-state index contributed by atoms with van der Waals surface area (Å²) in [6, 6.07) is 0. The molecule has 0 saturated carbocycles. The lowest BCUT2D eigenvalue weighted by atomic mass is 10.4. The molecular weight excluding hydrogens is 174 g/mol. The fourth-order valence-electron chi connectivity index (χ4n) is 0.576. The topological polar surface area (TPSA) is 89.6 Å². The van der Waals surface area contributed by atoms with Gasteiger partial charge in [0.2, 0.25) is 5.96 Å². The Bertz CT molecular complexity index is 296. The quantitative estimate of drug-likeness (QED) is 0.388. The maximum absolute atomic E-state index is 5.10. The number of thiazole rings is 1. The normalized spacial score (nSPS) is 11.2. The van der Waals surface area contributed by atoms with Crippen LogP contribution in [0.3, 0.4) is 0 Å². The van der Waals surface area contributed by atoms with E-state index < -0.39 is 0 Å². The summed E-state index contributed by atoms with van der Waals surface area (Å²) in [4.78, 5) is 4.86. The number of nitrogens with two attached hydrogens (primary N) is 2. The minimum atomic E-state index is -0.0427. The van der Waals surface area contributed by atoms with Gasteiger partial charge in [0, 0.05) is 6.20 Å². The van der Waals surface area contributed by atoms with Crippen LogP contribution in [0.4, 0.5) is 0 Å². The van der Waals surface area contributed by atoms with Crippen LogP contribution in [-0.2, 0) is 0 Å². The van der Waals surface area contributed by atoms with E-state index in [-0.39, 0.29) is 5.96 Å². The molecule has 1 rings (SSSR count). The molecule has 0 atom stereocenters. The van der Waals surface area contributed by atoms with Crippen molar-refractivity contribution >= 4 is 23.0 Å². The smallest absolute Gasteiger partial charge is 0.211 e. The van der Waals surface area contributed by atoms with E-state index in [2.05, 4.69) is 15.2 Å². The van der Waals surface area contributed by atoms with Crippen LogP contribution >= 0.6 is 11.3 Å². The Balaban J connectivity index is 2.78. The number of hydrogen-bond acceptors (Lipinski definition) is 4. The molecule has 0 spiro atoms. The Morgan fingerprint density at radius 1 is 1.50 bits per heavy atom. The van der Waals surface area contributed by atoms with Crippen molar-refractivity contribution in [2.24, 2.45) is 21.7 Å². The Morgan fingerprint density at radius 3 is 2.75 bits per heavy atom. The third-order valence-electron chi connectivity index (χ3n) is 1.10. The highest BCUT2D eigenvalue weighted by atomic mass is 32.1. The van der Waals surface area contributed by atoms with Crippen molar-refractivity contribution in [1.82, 2.24) is 4.98 Å². The molecule has 0 aliphatic rings. The number of aromatic nitrogens is 1. The van der Waals surface area contributed by atoms with Gasteiger partial charge in [0.1, 0.15) is 0 Å². The summed E-state index contributed by atoms with van der Waals surface area (Å²) >= 11 is 1.49. The second-order valence-electron chi connectivity index (χ2n) is 2.08. The van der Waals surface area contributed by atoms with Gasteiger partial charge in [-0.3, -0.25) is 4.98 Å². The van der Waals surface area contributed by atoms with Crippen molar-refractivity contribution in [3.63, 3.8) is 0 Å². The van der Waals surface area contributed by atoms with Gasteiger partial charge in [-0.15, -0.1) is 16.4 Å². The first-order valence-electron chi connectivity index (χ1n) is 3.22. The highest BCUT2D eigenvalue weighted by molar-refractivity contribution is 7.11. The maximum atomic E-state index is 5.10. The molecule has 0 bridgehead atoms. The van der Waals surface area contributed by atoms with Gasteiger partial charge in [-0.05, 0) is 6.92 Å². The summed E-state index contributed by atoms with van der Waals surface area (Å²) in [5.74, 6) is -0.0427. The first-order chi connectivity index (χ1) is 5.70. The predicted molar refractivity (Wildman–Crippen MR) is 50.1 cm³/mol. The zero-order valence-corrected chi connectivity index (χ0v) is 7.38. The molecule has 12 heavy (non-hydrogen) atoms. The summed E-state index contributed by atoms with van der Waals surface area (Å²) in [6.07, 6.45) is 1.71. The van der Waals surface area contributed by atoms with Crippen LogP contribution in [0.5, 0.6) is 0 Å². The molecule has 5 nitrogen and oxygen atoms in total. The van der Waals surface area contributed by atoms with Crippen LogP contribution in [0.15, 0.2) is 21.9 Å². The van der Waals surface area contributed by atoms with E-state index in [0.717, 1.165) is 10.6 Å². The lowest BCUT2D eigenvalue weighted by Crippen LogP contribution is -2.22. The first kappa shape index (κ1) is 8.66. The molecule has 4 N–H and O–H groups in total. The third-order valence-corrected chi connectivity index (χ3v) is 1.99. The summed E-state index contributed by atoms with van der Waals surface area (Å²) in [7, 11) is 0. The third kappa shape index (κ3) is 2.31. The van der Waals surface area contributed by atoms with Crippen molar-refractivity contribution in [2.45, 2.75) is 6.92 Å². The summed E-state index contributed by atoms with van der Waals surface area (Å²) < 4.78 is 0. The van der Waals surface area contributed by atoms with Gasteiger partial charge >= 0.3 is 0 Å². The monoisotopic (exact) mass is 183 g/mol. The number of nitrogens with zero attached hydrogens (tertiary/aromatic N) is 3. The van der Waals surface area contributed by atoms with Crippen LogP contribution in [0.2, 0.25) is 0 Å². The van der Waals surface area contributed by atoms with Crippen molar-refractivity contribution in [2.75, 3.05) is 0 Å². The summed E-state index contributed by atoms with van der Waals surface area (Å²) in [6.45, 7) is 1.82. The highest BCUT2D eigenvalue weighted by Gasteiger charge is 1.97. The largest absolute Gasteiger partial charge is 0.369 e. The van der Waals surface area contributed by atoms with Gasteiger partial charge in [0.05, 0.1) is 16.1 Å². The molecule has 1 heterocycles. The molecule has 0 fully saturated rings. The number of guanidine groups is 1. The average Bonchev–Trinajstić information content (AvgIpc) is 2.51. The zero-order valence-electron chi connectivity index (χ0n) is 6.56. The Kier molecular flexibility index (Phi) is 2.76. The van der Waals surface area contributed by atoms with Gasteiger partial charge in [0.15, 0.2) is 0 Å². The average molecular weight is 183 g/mol. The van der Waals surface area contributed by atoms with Gasteiger partial charge in [-0.2, -0.15) is 5.10 Å². The lowest BCUT2D eigenvalue weighted by molar-refractivity contribution is 1.20.